The Hall–Kier alpha value is -0.820. The number of nitrogens with zero attached hydrogens (tertiary/aromatic N) is 1. The first kappa shape index (κ1) is 50.3. The van der Waals surface area contributed by atoms with Crippen LogP contribution in [0.15, 0.2) is 24.3 Å². The second kappa shape index (κ2) is 37.0. The van der Waals surface area contributed by atoms with Gasteiger partial charge in [0, 0.05) is 19.3 Å². The summed E-state index contributed by atoms with van der Waals surface area (Å²) in [5.41, 5.74) is 0. The molecule has 0 saturated carbocycles. The number of carbonyl (C=O) groups is 2. The molecule has 0 aliphatic heterocycles. The van der Waals surface area contributed by atoms with Gasteiger partial charge in [0.2, 0.25) is 6.23 Å². The van der Waals surface area contributed by atoms with Crippen LogP contribution < -0.4 is 17.0 Å². The Bertz CT molecular complexity index is 797. The lowest BCUT2D eigenvalue weighted by molar-refractivity contribution is -0.939. The molecule has 0 aliphatic carbocycles. The highest BCUT2D eigenvalue weighted by molar-refractivity contribution is 5.88. The Morgan fingerprint density at radius 2 is 0.898 bits per heavy atom. The zero-order chi connectivity index (χ0) is 35.6. The molecule has 0 aromatic heterocycles. The normalized spacial score (nSPS) is 13.3. The molecule has 0 radical (unpaired) electrons. The summed E-state index contributed by atoms with van der Waals surface area (Å²) >= 11 is 0. The van der Waals surface area contributed by atoms with Crippen molar-refractivity contribution in [2.75, 3.05) is 27.2 Å². The molecule has 6 heteroatoms. The van der Waals surface area contributed by atoms with Gasteiger partial charge in [0.1, 0.15) is 24.0 Å². The van der Waals surface area contributed by atoms with E-state index in [0.717, 1.165) is 51.4 Å². The predicted octanol–water partition coefficient (Wildman–Crippen LogP) is 8.60. The molecule has 5 nitrogen and oxygen atoms in total. The number of hydrogen-bond acceptors (Lipinski definition) is 4. The number of rotatable bonds is 37. The number of hydrogen-bond donors (Lipinski definition) is 2. The van der Waals surface area contributed by atoms with Crippen LogP contribution in [-0.4, -0.2) is 59.7 Å². The highest BCUT2D eigenvalue weighted by atomic mass is 79.9. The molecule has 0 aliphatic rings. The average Bonchev–Trinajstić information content (AvgIpc) is 3.06. The lowest BCUT2D eigenvalue weighted by Crippen LogP contribution is -3.00. The predicted molar refractivity (Wildman–Crippen MR) is 207 cm³/mol. The number of carbonyl (C=O) groups excluding carboxylic acids is 2. The summed E-state index contributed by atoms with van der Waals surface area (Å²) in [4.78, 5) is 26.3. The Balaban J connectivity index is 0. The fraction of sp³-hybridized carbons (Fsp3) is 0.860. The summed E-state index contributed by atoms with van der Waals surface area (Å²) in [5, 5.41) is 20.7. The zero-order valence-corrected chi connectivity index (χ0v) is 34.5. The highest BCUT2D eigenvalue weighted by Crippen LogP contribution is 2.23. The number of allylic oxidation sites excluding steroid dienone is 4. The minimum Gasteiger partial charge on any atom is -1.00 e. The first-order valence-electron chi connectivity index (χ1n) is 20.8. The maximum absolute atomic E-state index is 13.3. The number of aliphatic hydroxyl groups is 2. The van der Waals surface area contributed by atoms with Crippen LogP contribution in [-0.2, 0) is 9.59 Å². The number of quaternary nitrogens is 1. The van der Waals surface area contributed by atoms with Gasteiger partial charge in [0.05, 0.1) is 20.7 Å². The lowest BCUT2D eigenvalue weighted by Gasteiger charge is -2.37. The first-order valence-corrected chi connectivity index (χ1v) is 20.8. The highest BCUT2D eigenvalue weighted by Gasteiger charge is 2.38. The van der Waals surface area contributed by atoms with Gasteiger partial charge in [-0.3, -0.25) is 9.59 Å². The Morgan fingerprint density at radius 3 is 1.29 bits per heavy atom. The van der Waals surface area contributed by atoms with E-state index >= 15 is 0 Å². The Labute approximate surface area is 315 Å². The van der Waals surface area contributed by atoms with Gasteiger partial charge in [-0.05, 0) is 64.2 Å². The van der Waals surface area contributed by atoms with Gasteiger partial charge in [-0.25, -0.2) is 0 Å². The van der Waals surface area contributed by atoms with Crippen LogP contribution in [0.3, 0.4) is 0 Å². The Kier molecular flexibility index (Phi) is 37.9. The third-order valence-electron chi connectivity index (χ3n) is 10.0. The first-order chi connectivity index (χ1) is 23.3. The van der Waals surface area contributed by atoms with Gasteiger partial charge < -0.3 is 31.7 Å². The molecule has 0 amide bonds. The molecular weight excluding hydrogens is 674 g/mol. The van der Waals surface area contributed by atoms with Crippen molar-refractivity contribution in [1.29, 1.82) is 0 Å². The molecular formula is C43H82BrNO4. The van der Waals surface area contributed by atoms with Crippen molar-refractivity contribution in [3.63, 3.8) is 0 Å². The van der Waals surface area contributed by atoms with Crippen LogP contribution in [0.25, 0.3) is 0 Å². The van der Waals surface area contributed by atoms with Crippen LogP contribution in [0, 0.1) is 5.92 Å². The van der Waals surface area contributed by atoms with Crippen LogP contribution in [0.1, 0.15) is 200 Å². The van der Waals surface area contributed by atoms with Gasteiger partial charge >= 0.3 is 0 Å². The quantitative estimate of drug-likeness (QED) is 0.0288. The van der Waals surface area contributed by atoms with Crippen LogP contribution in [0.2, 0.25) is 0 Å². The van der Waals surface area contributed by atoms with Gasteiger partial charge in [-0.1, -0.05) is 141 Å². The molecule has 290 valence electrons. The van der Waals surface area contributed by atoms with Gasteiger partial charge in [0.15, 0.2) is 0 Å². The number of likely N-dealkylation sites (N-methyl/N-ethyl adjacent to an activating group) is 1. The standard InChI is InChI=1S/C43H82NO4.BrH/c1-5-7-9-11-13-15-17-19-21-23-25-27-29-31-33-35-40(46)39-41(43(48)44(3,4)37-38-45)42(47)36-34-32-30-28-26-24-22-20-18-16-14-12-10-8-6-2;/h19-22,41,43,45,48H,5-18,23-39H2,1-4H3;1H/q+1;/p-1/b21-19-,22-20-;. The van der Waals surface area contributed by atoms with Crippen molar-refractivity contribution in [3.8, 4) is 0 Å². The van der Waals surface area contributed by atoms with E-state index in [1.54, 1.807) is 0 Å². The SMILES string of the molecule is CCCCCCCC/C=C\CCCCCCCC(=O)CC(C(=O)CCCCCCC/C=C\CCCCCCCC)C(O)[N+](C)(C)CCO.[Br-]. The summed E-state index contributed by atoms with van der Waals surface area (Å²) in [6, 6.07) is 0. The van der Waals surface area contributed by atoms with Gasteiger partial charge in [0.25, 0.3) is 0 Å². The summed E-state index contributed by atoms with van der Waals surface area (Å²) in [6.07, 6.45) is 41.0. The molecule has 0 spiro atoms. The van der Waals surface area contributed by atoms with Crippen LogP contribution in [0.5, 0.6) is 0 Å². The van der Waals surface area contributed by atoms with Crippen LogP contribution in [0.4, 0.5) is 0 Å². The number of unbranched alkanes of at least 4 members (excludes halogenated alkanes) is 22. The van der Waals surface area contributed by atoms with Gasteiger partial charge in [-0.15, -0.1) is 0 Å². The fourth-order valence-electron chi connectivity index (χ4n) is 6.56. The smallest absolute Gasteiger partial charge is 0.200 e. The minimum absolute atomic E-state index is 0. The van der Waals surface area contributed by atoms with Crippen LogP contribution >= 0.6 is 0 Å². The molecule has 2 N–H and O–H groups in total. The summed E-state index contributed by atoms with van der Waals surface area (Å²) in [7, 11) is 3.66. The Morgan fingerprint density at radius 1 is 0.551 bits per heavy atom. The van der Waals surface area contributed by atoms with Crippen molar-refractivity contribution in [3.05, 3.63) is 24.3 Å². The molecule has 49 heavy (non-hydrogen) atoms. The molecule has 2 atom stereocenters. The molecule has 0 heterocycles. The maximum Gasteiger partial charge on any atom is 0.200 e. The van der Waals surface area contributed by atoms with E-state index in [0.29, 0.717) is 19.4 Å². The van der Waals surface area contributed by atoms with Gasteiger partial charge in [-0.2, -0.15) is 0 Å². The van der Waals surface area contributed by atoms with Crippen molar-refractivity contribution in [2.24, 2.45) is 5.92 Å². The molecule has 0 fully saturated rings. The largest absolute Gasteiger partial charge is 1.00 e. The molecule has 0 saturated heterocycles. The molecule has 2 unspecified atom stereocenters. The molecule has 0 aromatic carbocycles. The van der Waals surface area contributed by atoms with E-state index in [1.807, 2.05) is 14.1 Å². The summed E-state index contributed by atoms with van der Waals surface area (Å²) in [5.74, 6) is -0.611. The second-order valence-corrected chi connectivity index (χ2v) is 15.1. The number of Topliss-reactive ketones (excluding diaryl/α,β-unsaturated/α-hetero) is 2. The van der Waals surface area contributed by atoms with Crippen molar-refractivity contribution in [2.45, 2.75) is 206 Å². The molecule has 0 rings (SSSR count). The fourth-order valence-corrected chi connectivity index (χ4v) is 6.56. The van der Waals surface area contributed by atoms with E-state index in [9.17, 15) is 19.8 Å². The average molecular weight is 757 g/mol. The monoisotopic (exact) mass is 756 g/mol. The topological polar surface area (TPSA) is 74.6 Å². The van der Waals surface area contributed by atoms with Crippen molar-refractivity contribution < 1.29 is 41.3 Å². The summed E-state index contributed by atoms with van der Waals surface area (Å²) in [6.45, 7) is 4.80. The van der Waals surface area contributed by atoms with Crippen molar-refractivity contribution >= 4 is 11.6 Å². The van der Waals surface area contributed by atoms with E-state index in [2.05, 4.69) is 38.2 Å². The van der Waals surface area contributed by atoms with E-state index in [4.69, 9.17) is 0 Å². The second-order valence-electron chi connectivity index (χ2n) is 15.1. The number of aliphatic hydroxyl groups excluding tert-OH is 2. The summed E-state index contributed by atoms with van der Waals surface area (Å²) < 4.78 is 0.125. The maximum atomic E-state index is 13.3. The van der Waals surface area contributed by atoms with Crippen molar-refractivity contribution in [1.82, 2.24) is 0 Å². The third kappa shape index (κ3) is 31.6. The number of ketones is 2. The van der Waals surface area contributed by atoms with E-state index in [-0.39, 0.29) is 46.1 Å². The zero-order valence-electron chi connectivity index (χ0n) is 32.9. The van der Waals surface area contributed by atoms with E-state index < -0.39 is 12.1 Å². The lowest BCUT2D eigenvalue weighted by atomic mass is 9.89. The molecule has 0 aromatic rings. The number of halogens is 1. The minimum atomic E-state index is -0.981. The van der Waals surface area contributed by atoms with E-state index in [1.165, 1.54) is 116 Å². The third-order valence-corrected chi connectivity index (χ3v) is 10.0. The molecule has 0 bridgehead atoms.